The van der Waals surface area contributed by atoms with Crippen LogP contribution in [0.5, 0.6) is 0 Å². The molecule has 1 saturated heterocycles. The Morgan fingerprint density at radius 3 is 3.00 bits per heavy atom. The van der Waals surface area contributed by atoms with Crippen molar-refractivity contribution in [2.24, 2.45) is 5.92 Å². The molecule has 0 aliphatic carbocycles. The Morgan fingerprint density at radius 2 is 2.21 bits per heavy atom. The second-order valence-electron chi connectivity index (χ2n) is 5.34. The molecule has 19 heavy (non-hydrogen) atoms. The molecule has 0 radical (unpaired) electrons. The van der Waals surface area contributed by atoms with E-state index in [-0.39, 0.29) is 5.91 Å². The predicted molar refractivity (Wildman–Crippen MR) is 75.8 cm³/mol. The lowest BCUT2D eigenvalue weighted by Gasteiger charge is -2.14. The molecule has 0 spiro atoms. The first-order valence-electron chi connectivity index (χ1n) is 6.81. The van der Waals surface area contributed by atoms with Gasteiger partial charge >= 0.3 is 0 Å². The van der Waals surface area contributed by atoms with E-state index < -0.39 is 0 Å². The van der Waals surface area contributed by atoms with E-state index in [4.69, 9.17) is 0 Å². The molecule has 1 fully saturated rings. The zero-order valence-electron chi connectivity index (χ0n) is 11.2. The summed E-state index contributed by atoms with van der Waals surface area (Å²) in [5, 5.41) is 2.49. The fourth-order valence-electron chi connectivity index (χ4n) is 2.94. The van der Waals surface area contributed by atoms with Crippen molar-refractivity contribution >= 4 is 16.7 Å². The van der Waals surface area contributed by atoms with E-state index in [2.05, 4.69) is 23.2 Å². The summed E-state index contributed by atoms with van der Waals surface area (Å²) in [4.78, 5) is 17.6. The Kier molecular flexibility index (Phi) is 3.20. The maximum Gasteiger partial charge on any atom is 0.219 e. The monoisotopic (exact) mass is 254 g/mol. The molecule has 1 atom stereocenters. The molecule has 1 aromatic heterocycles. The highest BCUT2D eigenvalue weighted by Gasteiger charge is 2.24. The van der Waals surface area contributed by atoms with E-state index >= 15 is 0 Å². The molecular weight excluding hydrogens is 236 g/mol. The lowest BCUT2D eigenvalue weighted by Crippen LogP contribution is -2.26. The first-order valence-corrected chi connectivity index (χ1v) is 6.81. The number of pyridine rings is 1. The Labute approximate surface area is 113 Å². The summed E-state index contributed by atoms with van der Waals surface area (Å²) < 4.78 is 0. The van der Waals surface area contributed by atoms with Crippen LogP contribution in [0, 0.1) is 5.92 Å². The van der Waals surface area contributed by atoms with Crippen LogP contribution in [0.25, 0.3) is 10.8 Å². The van der Waals surface area contributed by atoms with E-state index in [9.17, 15) is 4.79 Å². The Bertz CT molecular complexity index is 603. The number of aromatic nitrogens is 1. The molecule has 3 heteroatoms. The molecule has 1 aliphatic rings. The molecule has 0 bridgehead atoms. The third-order valence-corrected chi connectivity index (χ3v) is 3.99. The second kappa shape index (κ2) is 5.00. The number of hydrogen-bond acceptors (Lipinski definition) is 2. The molecular formula is C16H18N2O. The highest BCUT2D eigenvalue weighted by Crippen LogP contribution is 2.25. The minimum atomic E-state index is 0.193. The van der Waals surface area contributed by atoms with Gasteiger partial charge in [0.1, 0.15) is 0 Å². The zero-order chi connectivity index (χ0) is 13.2. The lowest BCUT2D eigenvalue weighted by atomic mass is 9.96. The first kappa shape index (κ1) is 12.2. The average molecular weight is 254 g/mol. The van der Waals surface area contributed by atoms with Gasteiger partial charge < -0.3 is 4.90 Å². The normalized spacial score (nSPS) is 19.0. The van der Waals surface area contributed by atoms with Crippen molar-refractivity contribution in [1.29, 1.82) is 0 Å². The molecule has 1 aromatic carbocycles. The predicted octanol–water partition coefficient (Wildman–Crippen LogP) is 2.65. The van der Waals surface area contributed by atoms with Crippen LogP contribution in [0.4, 0.5) is 0 Å². The van der Waals surface area contributed by atoms with Gasteiger partial charge in [-0.2, -0.15) is 0 Å². The highest BCUT2D eigenvalue weighted by atomic mass is 16.2. The third kappa shape index (κ3) is 2.46. The number of likely N-dealkylation sites (tertiary alicyclic amines) is 1. The first-order chi connectivity index (χ1) is 9.24. The summed E-state index contributed by atoms with van der Waals surface area (Å²) in [6, 6.07) is 8.37. The van der Waals surface area contributed by atoms with E-state index in [0.717, 1.165) is 25.9 Å². The molecule has 1 amide bonds. The molecule has 1 unspecified atom stereocenters. The zero-order valence-corrected chi connectivity index (χ0v) is 11.2. The van der Waals surface area contributed by atoms with Crippen molar-refractivity contribution in [1.82, 2.24) is 9.88 Å². The Morgan fingerprint density at radius 1 is 1.37 bits per heavy atom. The van der Waals surface area contributed by atoms with Crippen LogP contribution in [-0.4, -0.2) is 28.9 Å². The standard InChI is InChI=1S/C16H18N2O/c1-12(19)18-7-6-13(11-18)8-15-10-17-9-14-4-2-3-5-16(14)15/h2-5,9-10,13H,6-8,11H2,1H3. The quantitative estimate of drug-likeness (QED) is 0.825. The number of hydrogen-bond donors (Lipinski definition) is 0. The van der Waals surface area contributed by atoms with Crippen molar-refractivity contribution in [3.8, 4) is 0 Å². The van der Waals surface area contributed by atoms with Crippen LogP contribution in [0.2, 0.25) is 0 Å². The number of fused-ring (bicyclic) bond motifs is 1. The minimum Gasteiger partial charge on any atom is -0.343 e. The van der Waals surface area contributed by atoms with E-state index in [0.29, 0.717) is 5.92 Å². The molecule has 2 heterocycles. The number of rotatable bonds is 2. The maximum absolute atomic E-state index is 11.4. The van der Waals surface area contributed by atoms with Gasteiger partial charge in [0.2, 0.25) is 5.91 Å². The number of benzene rings is 1. The summed E-state index contributed by atoms with van der Waals surface area (Å²) in [7, 11) is 0. The highest BCUT2D eigenvalue weighted by molar-refractivity contribution is 5.84. The second-order valence-corrected chi connectivity index (χ2v) is 5.34. The van der Waals surface area contributed by atoms with Crippen LogP contribution < -0.4 is 0 Å². The summed E-state index contributed by atoms with van der Waals surface area (Å²) in [5.41, 5.74) is 1.30. The van der Waals surface area contributed by atoms with Gasteiger partial charge in [0.25, 0.3) is 0 Å². The van der Waals surface area contributed by atoms with E-state index in [1.807, 2.05) is 23.4 Å². The van der Waals surface area contributed by atoms with Crippen LogP contribution >= 0.6 is 0 Å². The van der Waals surface area contributed by atoms with Gasteiger partial charge in [-0.25, -0.2) is 0 Å². The fourth-order valence-corrected chi connectivity index (χ4v) is 2.94. The smallest absolute Gasteiger partial charge is 0.219 e. The Hall–Kier alpha value is -1.90. The topological polar surface area (TPSA) is 33.2 Å². The molecule has 3 nitrogen and oxygen atoms in total. The fraction of sp³-hybridized carbons (Fsp3) is 0.375. The van der Waals surface area contributed by atoms with Gasteiger partial charge in [0, 0.05) is 37.8 Å². The van der Waals surface area contributed by atoms with Crippen LogP contribution in [-0.2, 0) is 11.2 Å². The third-order valence-electron chi connectivity index (χ3n) is 3.99. The molecule has 0 saturated carbocycles. The van der Waals surface area contributed by atoms with Gasteiger partial charge in [-0.15, -0.1) is 0 Å². The van der Waals surface area contributed by atoms with Crippen LogP contribution in [0.1, 0.15) is 18.9 Å². The molecule has 98 valence electrons. The van der Waals surface area contributed by atoms with Crippen molar-refractivity contribution in [2.45, 2.75) is 19.8 Å². The molecule has 2 aromatic rings. The average Bonchev–Trinajstić information content (AvgIpc) is 2.88. The van der Waals surface area contributed by atoms with Gasteiger partial charge in [-0.3, -0.25) is 9.78 Å². The molecule has 0 N–H and O–H groups in total. The largest absolute Gasteiger partial charge is 0.343 e. The molecule has 3 rings (SSSR count). The summed E-state index contributed by atoms with van der Waals surface area (Å²) in [5.74, 6) is 0.759. The van der Waals surface area contributed by atoms with Gasteiger partial charge in [-0.1, -0.05) is 24.3 Å². The summed E-state index contributed by atoms with van der Waals surface area (Å²) >= 11 is 0. The number of amides is 1. The minimum absolute atomic E-state index is 0.193. The van der Waals surface area contributed by atoms with Gasteiger partial charge in [0.15, 0.2) is 0 Å². The SMILES string of the molecule is CC(=O)N1CCC(Cc2cncc3ccccc23)C1. The van der Waals surface area contributed by atoms with E-state index in [1.165, 1.54) is 16.3 Å². The van der Waals surface area contributed by atoms with Crippen molar-refractivity contribution < 1.29 is 4.79 Å². The number of nitrogens with zero attached hydrogens (tertiary/aromatic N) is 2. The Balaban J connectivity index is 1.81. The lowest BCUT2D eigenvalue weighted by molar-refractivity contribution is -0.127. The number of carbonyl (C=O) groups excluding carboxylic acids is 1. The number of carbonyl (C=O) groups is 1. The van der Waals surface area contributed by atoms with Crippen molar-refractivity contribution in [3.63, 3.8) is 0 Å². The van der Waals surface area contributed by atoms with Gasteiger partial charge in [0.05, 0.1) is 0 Å². The molecule has 1 aliphatic heterocycles. The maximum atomic E-state index is 11.4. The van der Waals surface area contributed by atoms with Crippen LogP contribution in [0.15, 0.2) is 36.7 Å². The van der Waals surface area contributed by atoms with Crippen molar-refractivity contribution in [3.05, 3.63) is 42.2 Å². The van der Waals surface area contributed by atoms with Crippen molar-refractivity contribution in [2.75, 3.05) is 13.1 Å². The summed E-state index contributed by atoms with van der Waals surface area (Å²) in [6.07, 6.45) is 6.00. The van der Waals surface area contributed by atoms with Crippen LogP contribution in [0.3, 0.4) is 0 Å². The van der Waals surface area contributed by atoms with E-state index in [1.54, 1.807) is 6.92 Å². The van der Waals surface area contributed by atoms with Gasteiger partial charge in [-0.05, 0) is 29.7 Å². The summed E-state index contributed by atoms with van der Waals surface area (Å²) in [6.45, 7) is 3.44.